The summed E-state index contributed by atoms with van der Waals surface area (Å²) in [5.74, 6) is 0.177. The molecule has 1 heterocycles. The van der Waals surface area contributed by atoms with Crippen molar-refractivity contribution in [2.24, 2.45) is 5.92 Å². The van der Waals surface area contributed by atoms with Gasteiger partial charge in [0.25, 0.3) is 0 Å². The van der Waals surface area contributed by atoms with Gasteiger partial charge in [-0.15, -0.1) is 0 Å². The Morgan fingerprint density at radius 3 is 2.70 bits per heavy atom. The van der Waals surface area contributed by atoms with Crippen LogP contribution in [0, 0.1) is 5.92 Å². The number of nitrogens with zero attached hydrogens (tertiary/aromatic N) is 1. The second kappa shape index (κ2) is 6.00. The van der Waals surface area contributed by atoms with Crippen molar-refractivity contribution in [1.29, 1.82) is 0 Å². The molecule has 2 aromatic rings. The van der Waals surface area contributed by atoms with Gasteiger partial charge in [0.2, 0.25) is 11.8 Å². The molecule has 1 aromatic carbocycles. The molecule has 2 rings (SSSR count). The van der Waals surface area contributed by atoms with Gasteiger partial charge in [0, 0.05) is 19.0 Å². The van der Waals surface area contributed by atoms with Crippen LogP contribution in [0.15, 0.2) is 18.2 Å². The zero-order valence-electron chi connectivity index (χ0n) is 11.7. The molecule has 5 nitrogen and oxygen atoms in total. The van der Waals surface area contributed by atoms with Crippen molar-refractivity contribution in [2.45, 2.75) is 27.2 Å². The highest BCUT2D eigenvalue weighted by atomic mass is 32.1. The number of anilines is 2. The molecule has 0 bridgehead atoms. The number of hydrogen-bond acceptors (Lipinski definition) is 4. The van der Waals surface area contributed by atoms with Gasteiger partial charge >= 0.3 is 0 Å². The molecule has 0 aliphatic rings. The Morgan fingerprint density at radius 2 is 2.05 bits per heavy atom. The van der Waals surface area contributed by atoms with Gasteiger partial charge in [0.05, 0.1) is 10.2 Å². The van der Waals surface area contributed by atoms with E-state index >= 15 is 0 Å². The average molecular weight is 291 g/mol. The molecule has 2 amide bonds. The molecule has 0 saturated heterocycles. The van der Waals surface area contributed by atoms with E-state index in [4.69, 9.17) is 0 Å². The normalized spacial score (nSPS) is 10.8. The standard InChI is InChI=1S/C14H17N3O2S/c1-8(2)6-13(19)17-14-16-11-5-4-10(15-9(3)18)7-12(11)20-14/h4-5,7-8H,6H2,1-3H3,(H,15,18)(H,16,17,19). The molecule has 0 saturated carbocycles. The second-order valence-corrected chi connectivity index (χ2v) is 6.06. The fourth-order valence-corrected chi connectivity index (χ4v) is 2.72. The van der Waals surface area contributed by atoms with Crippen LogP contribution < -0.4 is 10.6 Å². The predicted octanol–water partition coefficient (Wildman–Crippen LogP) is 3.24. The minimum absolute atomic E-state index is 0.0267. The van der Waals surface area contributed by atoms with E-state index in [1.807, 2.05) is 26.0 Å². The molecular weight excluding hydrogens is 274 g/mol. The zero-order chi connectivity index (χ0) is 14.7. The quantitative estimate of drug-likeness (QED) is 0.908. The maximum absolute atomic E-state index is 11.7. The van der Waals surface area contributed by atoms with E-state index in [1.165, 1.54) is 18.3 Å². The first-order valence-electron chi connectivity index (χ1n) is 6.42. The van der Waals surface area contributed by atoms with Gasteiger partial charge in [-0.3, -0.25) is 9.59 Å². The first kappa shape index (κ1) is 14.5. The highest BCUT2D eigenvalue weighted by molar-refractivity contribution is 7.22. The fourth-order valence-electron chi connectivity index (χ4n) is 1.80. The number of thiazole rings is 1. The third-order valence-electron chi connectivity index (χ3n) is 2.55. The van der Waals surface area contributed by atoms with Crippen LogP contribution in [0.1, 0.15) is 27.2 Å². The van der Waals surface area contributed by atoms with Crippen LogP contribution in [0.4, 0.5) is 10.8 Å². The molecule has 0 aliphatic heterocycles. The van der Waals surface area contributed by atoms with Crippen molar-refractivity contribution < 1.29 is 9.59 Å². The van der Waals surface area contributed by atoms with Crippen LogP contribution in [-0.4, -0.2) is 16.8 Å². The number of carbonyl (C=O) groups excluding carboxylic acids is 2. The molecule has 0 fully saturated rings. The van der Waals surface area contributed by atoms with Crippen LogP contribution in [0.3, 0.4) is 0 Å². The van der Waals surface area contributed by atoms with Crippen LogP contribution >= 0.6 is 11.3 Å². The summed E-state index contributed by atoms with van der Waals surface area (Å²) in [7, 11) is 0. The maximum Gasteiger partial charge on any atom is 0.226 e. The van der Waals surface area contributed by atoms with E-state index in [-0.39, 0.29) is 11.8 Å². The summed E-state index contributed by atoms with van der Waals surface area (Å²) in [6.45, 7) is 5.46. The van der Waals surface area contributed by atoms with Crippen LogP contribution in [0.5, 0.6) is 0 Å². The Labute approximate surface area is 121 Å². The Bertz CT molecular complexity index is 649. The Kier molecular flexibility index (Phi) is 4.34. The van der Waals surface area contributed by atoms with Crippen LogP contribution in [0.2, 0.25) is 0 Å². The number of rotatable bonds is 4. The lowest BCUT2D eigenvalue weighted by molar-refractivity contribution is -0.117. The Morgan fingerprint density at radius 1 is 1.30 bits per heavy atom. The highest BCUT2D eigenvalue weighted by Gasteiger charge is 2.10. The average Bonchev–Trinajstić information content (AvgIpc) is 2.67. The third kappa shape index (κ3) is 3.77. The van der Waals surface area contributed by atoms with E-state index < -0.39 is 0 Å². The minimum Gasteiger partial charge on any atom is -0.326 e. The molecule has 0 unspecified atom stereocenters. The van der Waals surface area contributed by atoms with Gasteiger partial charge in [0.15, 0.2) is 5.13 Å². The first-order chi connectivity index (χ1) is 9.44. The molecule has 0 radical (unpaired) electrons. The monoisotopic (exact) mass is 291 g/mol. The van der Waals surface area contributed by atoms with Crippen LogP contribution in [0.25, 0.3) is 10.2 Å². The van der Waals surface area contributed by atoms with E-state index in [0.29, 0.717) is 17.5 Å². The van der Waals surface area contributed by atoms with Gasteiger partial charge in [0.1, 0.15) is 0 Å². The third-order valence-corrected chi connectivity index (χ3v) is 3.48. The first-order valence-corrected chi connectivity index (χ1v) is 7.23. The lowest BCUT2D eigenvalue weighted by Gasteiger charge is -2.03. The van der Waals surface area contributed by atoms with Crippen LogP contribution in [-0.2, 0) is 9.59 Å². The fraction of sp³-hybridized carbons (Fsp3) is 0.357. The predicted molar refractivity (Wildman–Crippen MR) is 82.0 cm³/mol. The summed E-state index contributed by atoms with van der Waals surface area (Å²) in [5, 5.41) is 6.12. The summed E-state index contributed by atoms with van der Waals surface area (Å²) < 4.78 is 0.927. The molecule has 20 heavy (non-hydrogen) atoms. The van der Waals surface area contributed by atoms with Crippen molar-refractivity contribution in [3.8, 4) is 0 Å². The second-order valence-electron chi connectivity index (χ2n) is 5.03. The molecule has 0 atom stereocenters. The van der Waals surface area contributed by atoms with Crippen molar-refractivity contribution >= 4 is 44.2 Å². The van der Waals surface area contributed by atoms with E-state index in [9.17, 15) is 9.59 Å². The van der Waals surface area contributed by atoms with Gasteiger partial charge in [-0.1, -0.05) is 25.2 Å². The maximum atomic E-state index is 11.7. The highest BCUT2D eigenvalue weighted by Crippen LogP contribution is 2.28. The Hall–Kier alpha value is -1.95. The summed E-state index contributed by atoms with van der Waals surface area (Å²) in [5.41, 5.74) is 1.54. The number of amides is 2. The largest absolute Gasteiger partial charge is 0.326 e. The molecular formula is C14H17N3O2S. The van der Waals surface area contributed by atoms with Crippen molar-refractivity contribution in [3.63, 3.8) is 0 Å². The van der Waals surface area contributed by atoms with Crippen molar-refractivity contribution in [2.75, 3.05) is 10.6 Å². The lowest BCUT2D eigenvalue weighted by atomic mass is 10.1. The molecule has 6 heteroatoms. The summed E-state index contributed by atoms with van der Waals surface area (Å²) in [6.07, 6.45) is 0.479. The zero-order valence-corrected chi connectivity index (χ0v) is 12.5. The molecule has 0 spiro atoms. The number of nitrogens with one attached hydrogen (secondary N) is 2. The summed E-state index contributed by atoms with van der Waals surface area (Å²) in [4.78, 5) is 27.1. The number of fused-ring (bicyclic) bond motifs is 1. The van der Waals surface area contributed by atoms with E-state index in [1.54, 1.807) is 6.07 Å². The lowest BCUT2D eigenvalue weighted by Crippen LogP contribution is -2.13. The van der Waals surface area contributed by atoms with Gasteiger partial charge in [-0.25, -0.2) is 4.98 Å². The van der Waals surface area contributed by atoms with Crippen molar-refractivity contribution in [3.05, 3.63) is 18.2 Å². The van der Waals surface area contributed by atoms with Gasteiger partial charge < -0.3 is 10.6 Å². The number of aromatic nitrogens is 1. The van der Waals surface area contributed by atoms with E-state index in [2.05, 4.69) is 15.6 Å². The topological polar surface area (TPSA) is 71.1 Å². The van der Waals surface area contributed by atoms with Gasteiger partial charge in [-0.05, 0) is 24.1 Å². The molecule has 106 valence electrons. The molecule has 0 aliphatic carbocycles. The SMILES string of the molecule is CC(=O)Nc1ccc2nc(NC(=O)CC(C)C)sc2c1. The number of benzene rings is 1. The van der Waals surface area contributed by atoms with Crippen molar-refractivity contribution in [1.82, 2.24) is 4.98 Å². The van der Waals surface area contributed by atoms with E-state index in [0.717, 1.165) is 15.9 Å². The Balaban J connectivity index is 2.16. The molecule has 1 aromatic heterocycles. The summed E-state index contributed by atoms with van der Waals surface area (Å²) >= 11 is 1.40. The number of hydrogen-bond donors (Lipinski definition) is 2. The minimum atomic E-state index is -0.112. The molecule has 2 N–H and O–H groups in total. The number of carbonyl (C=O) groups is 2. The van der Waals surface area contributed by atoms with Gasteiger partial charge in [-0.2, -0.15) is 0 Å². The summed E-state index contributed by atoms with van der Waals surface area (Å²) in [6, 6.07) is 5.48. The smallest absolute Gasteiger partial charge is 0.226 e.